The van der Waals surface area contributed by atoms with Gasteiger partial charge in [-0.3, -0.25) is 14.9 Å². The van der Waals surface area contributed by atoms with Crippen LogP contribution in [0.5, 0.6) is 11.5 Å². The molecule has 1 fully saturated rings. The summed E-state index contributed by atoms with van der Waals surface area (Å²) in [6.45, 7) is 7.29. The van der Waals surface area contributed by atoms with Crippen LogP contribution in [0.1, 0.15) is 24.2 Å². The fourth-order valence-corrected chi connectivity index (χ4v) is 3.62. The molecule has 1 amide bonds. The van der Waals surface area contributed by atoms with Crippen LogP contribution in [0.15, 0.2) is 34.8 Å². The Morgan fingerprint density at radius 3 is 2.48 bits per heavy atom. The number of hydrogen-bond acceptors (Lipinski definition) is 7. The molecule has 0 unspecified atom stereocenters. The zero-order valence-electron chi connectivity index (χ0n) is 17.4. The van der Waals surface area contributed by atoms with Crippen LogP contribution in [0, 0.1) is 10.1 Å². The van der Waals surface area contributed by atoms with E-state index in [4.69, 9.17) is 14.2 Å². The Balaban J connectivity index is 1.95. The monoisotopic (exact) mass is 493 g/mol. The SMILES string of the molecule is CCOc1cc(N2CCOCC2)c(OCC)cc1NC(=O)c1ccc(Br)c([N+](=O)[O-])c1. The zero-order chi connectivity index (χ0) is 22.4. The van der Waals surface area contributed by atoms with Gasteiger partial charge in [0, 0.05) is 36.9 Å². The molecule has 0 saturated carbocycles. The number of nitrogens with one attached hydrogen (secondary N) is 1. The van der Waals surface area contributed by atoms with Crippen molar-refractivity contribution < 1.29 is 23.9 Å². The first kappa shape index (κ1) is 22.8. The third kappa shape index (κ3) is 5.45. The van der Waals surface area contributed by atoms with Crippen LogP contribution in [0.2, 0.25) is 0 Å². The van der Waals surface area contributed by atoms with E-state index in [2.05, 4.69) is 26.1 Å². The maximum Gasteiger partial charge on any atom is 0.284 e. The third-order valence-electron chi connectivity index (χ3n) is 4.67. The number of anilines is 2. The van der Waals surface area contributed by atoms with E-state index < -0.39 is 10.8 Å². The number of benzene rings is 2. The summed E-state index contributed by atoms with van der Waals surface area (Å²) in [5.41, 5.74) is 1.27. The zero-order valence-corrected chi connectivity index (χ0v) is 18.9. The summed E-state index contributed by atoms with van der Waals surface area (Å²) < 4.78 is 17.3. The van der Waals surface area contributed by atoms with Gasteiger partial charge in [0.25, 0.3) is 11.6 Å². The highest BCUT2D eigenvalue weighted by Crippen LogP contribution is 2.39. The summed E-state index contributed by atoms with van der Waals surface area (Å²) in [6, 6.07) is 7.79. The van der Waals surface area contributed by atoms with Crippen LogP contribution in [0.4, 0.5) is 17.1 Å². The molecule has 2 aromatic rings. The second kappa shape index (κ2) is 10.5. The molecule has 1 N–H and O–H groups in total. The van der Waals surface area contributed by atoms with Gasteiger partial charge < -0.3 is 24.4 Å². The molecule has 166 valence electrons. The quantitative estimate of drug-likeness (QED) is 0.433. The molecule has 2 aromatic carbocycles. The topological polar surface area (TPSA) is 103 Å². The van der Waals surface area contributed by atoms with Gasteiger partial charge in [-0.15, -0.1) is 0 Å². The number of nitro groups is 1. The van der Waals surface area contributed by atoms with Gasteiger partial charge >= 0.3 is 0 Å². The Kier molecular flexibility index (Phi) is 7.69. The first-order chi connectivity index (χ1) is 14.9. The number of morpholine rings is 1. The molecule has 1 heterocycles. The fourth-order valence-electron chi connectivity index (χ4n) is 3.23. The van der Waals surface area contributed by atoms with Crippen molar-refractivity contribution in [1.82, 2.24) is 0 Å². The predicted octanol–water partition coefficient (Wildman–Crippen LogP) is 4.24. The predicted molar refractivity (Wildman–Crippen MR) is 121 cm³/mol. The van der Waals surface area contributed by atoms with Crippen LogP contribution in [-0.4, -0.2) is 50.3 Å². The lowest BCUT2D eigenvalue weighted by molar-refractivity contribution is -0.385. The summed E-state index contributed by atoms with van der Waals surface area (Å²) in [7, 11) is 0. The van der Waals surface area contributed by atoms with E-state index in [1.807, 2.05) is 19.9 Å². The second-order valence-electron chi connectivity index (χ2n) is 6.66. The van der Waals surface area contributed by atoms with Gasteiger partial charge in [0.2, 0.25) is 0 Å². The van der Waals surface area contributed by atoms with Gasteiger partial charge in [0.1, 0.15) is 11.5 Å². The van der Waals surface area contributed by atoms with Crippen molar-refractivity contribution in [3.8, 4) is 11.5 Å². The lowest BCUT2D eigenvalue weighted by Gasteiger charge is -2.31. The molecule has 9 nitrogen and oxygen atoms in total. The highest BCUT2D eigenvalue weighted by atomic mass is 79.9. The van der Waals surface area contributed by atoms with Crippen LogP contribution in [0.3, 0.4) is 0 Å². The van der Waals surface area contributed by atoms with Crippen LogP contribution in [-0.2, 0) is 4.74 Å². The number of carbonyl (C=O) groups excluding carboxylic acids is 1. The Morgan fingerprint density at radius 1 is 1.16 bits per heavy atom. The van der Waals surface area contributed by atoms with Crippen LogP contribution < -0.4 is 19.7 Å². The Morgan fingerprint density at radius 2 is 1.84 bits per heavy atom. The number of ether oxygens (including phenoxy) is 3. The van der Waals surface area contributed by atoms with E-state index in [1.165, 1.54) is 18.2 Å². The summed E-state index contributed by atoms with van der Waals surface area (Å²) in [6.07, 6.45) is 0. The van der Waals surface area contributed by atoms with E-state index in [1.54, 1.807) is 6.07 Å². The number of rotatable bonds is 8. The molecule has 0 spiro atoms. The molecule has 0 radical (unpaired) electrons. The van der Waals surface area contributed by atoms with E-state index >= 15 is 0 Å². The Labute approximate surface area is 188 Å². The minimum Gasteiger partial charge on any atom is -0.492 e. The van der Waals surface area contributed by atoms with Gasteiger partial charge in [-0.25, -0.2) is 0 Å². The molecule has 31 heavy (non-hydrogen) atoms. The van der Waals surface area contributed by atoms with Gasteiger partial charge in [-0.05, 0) is 41.9 Å². The number of nitro benzene ring substituents is 1. The Bertz CT molecular complexity index is 962. The maximum atomic E-state index is 12.8. The van der Waals surface area contributed by atoms with E-state index in [0.717, 1.165) is 18.8 Å². The molecule has 0 atom stereocenters. The molecular weight excluding hydrogens is 470 g/mol. The molecular formula is C21H24BrN3O6. The molecule has 1 aliphatic rings. The van der Waals surface area contributed by atoms with Crippen LogP contribution >= 0.6 is 15.9 Å². The fraction of sp³-hybridized carbons (Fsp3) is 0.381. The number of carbonyl (C=O) groups is 1. The molecule has 0 bridgehead atoms. The second-order valence-corrected chi connectivity index (χ2v) is 7.51. The van der Waals surface area contributed by atoms with E-state index in [9.17, 15) is 14.9 Å². The first-order valence-corrected chi connectivity index (χ1v) is 10.8. The summed E-state index contributed by atoms with van der Waals surface area (Å²) in [4.78, 5) is 25.6. The van der Waals surface area contributed by atoms with Crippen molar-refractivity contribution in [2.24, 2.45) is 0 Å². The van der Waals surface area contributed by atoms with Gasteiger partial charge in [0.05, 0.1) is 47.2 Å². The molecule has 1 aliphatic heterocycles. The number of amides is 1. The van der Waals surface area contributed by atoms with Crippen molar-refractivity contribution in [2.75, 3.05) is 49.7 Å². The highest BCUT2D eigenvalue weighted by Gasteiger charge is 2.22. The summed E-state index contributed by atoms with van der Waals surface area (Å²) in [5.74, 6) is 0.621. The van der Waals surface area contributed by atoms with E-state index in [-0.39, 0.29) is 11.3 Å². The molecule has 3 rings (SSSR count). The average molecular weight is 494 g/mol. The average Bonchev–Trinajstić information content (AvgIpc) is 2.76. The lowest BCUT2D eigenvalue weighted by atomic mass is 10.1. The Hall–Kier alpha value is -2.85. The third-order valence-corrected chi connectivity index (χ3v) is 5.34. The minimum absolute atomic E-state index is 0.160. The number of nitrogens with zero attached hydrogens (tertiary/aromatic N) is 2. The first-order valence-electron chi connectivity index (χ1n) is 9.96. The number of halogens is 1. The molecule has 0 aromatic heterocycles. The molecule has 1 saturated heterocycles. The van der Waals surface area contributed by atoms with Crippen molar-refractivity contribution in [1.29, 1.82) is 0 Å². The summed E-state index contributed by atoms with van der Waals surface area (Å²) in [5, 5.41) is 14.0. The molecule has 10 heteroatoms. The largest absolute Gasteiger partial charge is 0.492 e. The number of hydrogen-bond donors (Lipinski definition) is 1. The van der Waals surface area contributed by atoms with Crippen LogP contribution in [0.25, 0.3) is 0 Å². The molecule has 0 aliphatic carbocycles. The van der Waals surface area contributed by atoms with Crippen molar-refractivity contribution in [3.05, 3.63) is 50.5 Å². The van der Waals surface area contributed by atoms with Gasteiger partial charge in [-0.1, -0.05) is 0 Å². The standard InChI is InChI=1S/C21H24BrN3O6/c1-3-30-19-13-18(24-7-9-29-10-8-24)20(31-4-2)12-16(19)23-21(26)14-5-6-15(22)17(11-14)25(27)28/h5-6,11-13H,3-4,7-10H2,1-2H3,(H,23,26). The van der Waals surface area contributed by atoms with Crippen molar-refractivity contribution >= 4 is 38.9 Å². The van der Waals surface area contributed by atoms with Gasteiger partial charge in [-0.2, -0.15) is 0 Å². The summed E-state index contributed by atoms with van der Waals surface area (Å²) >= 11 is 3.13. The normalized spacial score (nSPS) is 13.6. The lowest BCUT2D eigenvalue weighted by Crippen LogP contribution is -2.36. The van der Waals surface area contributed by atoms with Crippen molar-refractivity contribution in [3.63, 3.8) is 0 Å². The highest BCUT2D eigenvalue weighted by molar-refractivity contribution is 9.10. The van der Waals surface area contributed by atoms with Crippen molar-refractivity contribution in [2.45, 2.75) is 13.8 Å². The minimum atomic E-state index is -0.545. The maximum absolute atomic E-state index is 12.8. The van der Waals surface area contributed by atoms with E-state index in [0.29, 0.717) is 48.1 Å². The smallest absolute Gasteiger partial charge is 0.284 e. The van der Waals surface area contributed by atoms with Gasteiger partial charge in [0.15, 0.2) is 0 Å².